The number of hydrogen-bond acceptors (Lipinski definition) is 10. The molecule has 2 fully saturated rings. The Morgan fingerprint density at radius 3 is 2.67 bits per heavy atom. The molecule has 2 N–H and O–H groups in total. The van der Waals surface area contributed by atoms with Crippen LogP contribution in [0.4, 0.5) is 5.69 Å². The zero-order chi connectivity index (χ0) is 41.0. The molecule has 2 aliphatic rings. The number of hydrazine groups is 1. The molecule has 5 heterocycles. The first-order chi connectivity index (χ1) is 27.6. The van der Waals surface area contributed by atoms with Crippen molar-refractivity contribution >= 4 is 40.3 Å². The Kier molecular flexibility index (Phi) is 16.5. The van der Waals surface area contributed by atoms with Crippen LogP contribution in [-0.4, -0.2) is 84.3 Å². The lowest BCUT2D eigenvalue weighted by Crippen LogP contribution is -2.54. The summed E-state index contributed by atoms with van der Waals surface area (Å²) in [5.41, 5.74) is 13.9. The average Bonchev–Trinajstić information content (AvgIpc) is 3.83. The molecule has 1 amide bonds. The van der Waals surface area contributed by atoms with Crippen molar-refractivity contribution in [1.82, 2.24) is 30.3 Å². The molecular weight excluding hydrogens is 735 g/mol. The molecule has 0 spiro atoms. The SMILES string of the molecule is CC.CCn1c(-c2cc(N3CCN4CCCCC4C3)cnc2C(C)OC)c(CC(C)(C)COC(C)=O)c2cc(-c3csc(CCCCCCNNC=O)n3)ccc21. The van der Waals surface area contributed by atoms with Crippen LogP contribution in [0.15, 0.2) is 35.8 Å². The summed E-state index contributed by atoms with van der Waals surface area (Å²) in [7, 11) is 1.76. The van der Waals surface area contributed by atoms with E-state index >= 15 is 0 Å². The number of benzene rings is 1. The predicted molar refractivity (Wildman–Crippen MR) is 234 cm³/mol. The lowest BCUT2D eigenvalue weighted by molar-refractivity contribution is -0.143. The van der Waals surface area contributed by atoms with Crippen molar-refractivity contribution in [2.45, 2.75) is 125 Å². The fraction of sp³-hybridized carbons (Fsp3) is 0.600. The molecule has 3 aromatic heterocycles. The third-order valence-corrected chi connectivity index (χ3v) is 12.3. The van der Waals surface area contributed by atoms with Crippen LogP contribution in [0.3, 0.4) is 0 Å². The molecule has 2 unspecified atom stereocenters. The van der Waals surface area contributed by atoms with Crippen molar-refractivity contribution < 1.29 is 19.1 Å². The number of ether oxygens (including phenoxy) is 2. The fourth-order valence-electron chi connectivity index (χ4n) is 8.39. The van der Waals surface area contributed by atoms with Gasteiger partial charge in [-0.2, -0.15) is 0 Å². The number of nitrogens with one attached hydrogen (secondary N) is 2. The van der Waals surface area contributed by atoms with E-state index < -0.39 is 0 Å². The summed E-state index contributed by atoms with van der Waals surface area (Å²) >= 11 is 1.73. The van der Waals surface area contributed by atoms with Crippen molar-refractivity contribution in [3.63, 3.8) is 0 Å². The number of rotatable bonds is 19. The molecule has 57 heavy (non-hydrogen) atoms. The van der Waals surface area contributed by atoms with E-state index in [4.69, 9.17) is 19.4 Å². The van der Waals surface area contributed by atoms with E-state index in [1.54, 1.807) is 18.4 Å². The molecule has 0 aliphatic carbocycles. The molecule has 0 radical (unpaired) electrons. The van der Waals surface area contributed by atoms with E-state index in [9.17, 15) is 9.59 Å². The lowest BCUT2D eigenvalue weighted by Gasteiger charge is -2.45. The number of piperidine rings is 1. The fourth-order valence-corrected chi connectivity index (χ4v) is 9.24. The predicted octanol–water partition coefficient (Wildman–Crippen LogP) is 8.74. The summed E-state index contributed by atoms with van der Waals surface area (Å²) in [6.45, 7) is 20.3. The minimum absolute atomic E-state index is 0.204. The number of hydrogen-bond donors (Lipinski definition) is 2. The Labute approximate surface area is 344 Å². The Bertz CT molecular complexity index is 1910. The van der Waals surface area contributed by atoms with Gasteiger partial charge in [-0.3, -0.25) is 24.9 Å². The second-order valence-corrected chi connectivity index (χ2v) is 17.0. The summed E-state index contributed by atoms with van der Waals surface area (Å²) in [4.78, 5) is 37.9. The van der Waals surface area contributed by atoms with Crippen LogP contribution >= 0.6 is 11.3 Å². The highest BCUT2D eigenvalue weighted by molar-refractivity contribution is 7.09. The van der Waals surface area contributed by atoms with E-state index in [1.165, 1.54) is 49.2 Å². The maximum absolute atomic E-state index is 12.0. The lowest BCUT2D eigenvalue weighted by atomic mass is 9.84. The van der Waals surface area contributed by atoms with Crippen LogP contribution < -0.4 is 15.8 Å². The number of amides is 1. The van der Waals surface area contributed by atoms with Gasteiger partial charge in [0.2, 0.25) is 6.41 Å². The van der Waals surface area contributed by atoms with E-state index in [1.807, 2.05) is 13.8 Å². The summed E-state index contributed by atoms with van der Waals surface area (Å²) in [5.74, 6) is -0.263. The zero-order valence-electron chi connectivity index (χ0n) is 35.8. The smallest absolute Gasteiger partial charge is 0.302 e. The minimum Gasteiger partial charge on any atom is -0.465 e. The van der Waals surface area contributed by atoms with Gasteiger partial charge in [-0.25, -0.2) is 10.4 Å². The normalized spacial score (nSPS) is 16.5. The van der Waals surface area contributed by atoms with E-state index in [0.717, 1.165) is 104 Å². The number of thiazole rings is 1. The van der Waals surface area contributed by atoms with Crippen molar-refractivity contribution in [2.75, 3.05) is 51.3 Å². The molecule has 11 nitrogen and oxygen atoms in total. The standard InChI is InChI=1S/C43H61N7O4S.C2H6/c1-7-50-39-17-16-32(38-27-55-40(47-38)15-10-8-9-12-18-45-46-29-51)22-35(39)37(24-43(4,5)28-54-31(3)52)42(50)36-23-34(25-44-41(36)30(2)53-6)49-21-20-48-19-13-11-14-33(48)26-49;1-2/h16-17,22-23,25,27,29-30,33,45H,7-15,18-21,24,26,28H2,1-6H3,(H,46,51);1-2H3. The Balaban J connectivity index is 0.00000305. The largest absolute Gasteiger partial charge is 0.465 e. The number of carbonyl (C=O) groups is 2. The number of nitrogens with zero attached hydrogens (tertiary/aromatic N) is 5. The molecule has 0 saturated carbocycles. The molecule has 12 heteroatoms. The second kappa shape index (κ2) is 21.2. The van der Waals surface area contributed by atoms with Gasteiger partial charge in [0, 0.05) is 85.6 Å². The van der Waals surface area contributed by atoms with Crippen LogP contribution in [0.5, 0.6) is 0 Å². The topological polar surface area (TPSA) is 114 Å². The van der Waals surface area contributed by atoms with Crippen molar-refractivity contribution in [1.29, 1.82) is 0 Å². The highest BCUT2D eigenvalue weighted by Gasteiger charge is 2.32. The maximum Gasteiger partial charge on any atom is 0.302 e. The number of carbonyl (C=O) groups excluding carboxylic acids is 2. The maximum atomic E-state index is 12.0. The minimum atomic E-state index is -0.326. The molecule has 1 aromatic carbocycles. The Hall–Kier alpha value is -3.84. The molecule has 312 valence electrons. The van der Waals surface area contributed by atoms with Gasteiger partial charge in [-0.05, 0) is 82.7 Å². The van der Waals surface area contributed by atoms with Gasteiger partial charge < -0.3 is 18.9 Å². The third kappa shape index (κ3) is 11.2. The molecular formula is C45H67N7O4S. The first-order valence-corrected chi connectivity index (χ1v) is 22.2. The van der Waals surface area contributed by atoms with Gasteiger partial charge in [-0.1, -0.05) is 53.0 Å². The van der Waals surface area contributed by atoms with Crippen molar-refractivity contribution in [2.24, 2.45) is 5.41 Å². The summed E-state index contributed by atoms with van der Waals surface area (Å²) in [5, 5.41) is 4.53. The van der Waals surface area contributed by atoms with Crippen molar-refractivity contribution in [3.05, 3.63) is 52.1 Å². The third-order valence-electron chi connectivity index (χ3n) is 11.4. The van der Waals surface area contributed by atoms with Gasteiger partial charge in [-0.15, -0.1) is 11.3 Å². The molecule has 2 saturated heterocycles. The molecule has 2 aliphatic heterocycles. The summed E-state index contributed by atoms with van der Waals surface area (Å²) < 4.78 is 14.1. The molecule has 4 aromatic rings. The number of anilines is 1. The quantitative estimate of drug-likeness (QED) is 0.0416. The van der Waals surface area contributed by atoms with Crippen molar-refractivity contribution in [3.8, 4) is 22.5 Å². The highest BCUT2D eigenvalue weighted by atomic mass is 32.1. The molecule has 0 bridgehead atoms. The van der Waals surface area contributed by atoms with Crippen LogP contribution in [0.1, 0.15) is 116 Å². The van der Waals surface area contributed by atoms with Crippen LogP contribution in [0.25, 0.3) is 33.4 Å². The van der Waals surface area contributed by atoms with Gasteiger partial charge in [0.05, 0.1) is 46.7 Å². The van der Waals surface area contributed by atoms with Gasteiger partial charge in [0.15, 0.2) is 0 Å². The van der Waals surface area contributed by atoms with Crippen LogP contribution in [0, 0.1) is 5.41 Å². The van der Waals surface area contributed by atoms with Crippen LogP contribution in [-0.2, 0) is 38.4 Å². The number of aromatic nitrogens is 3. The highest BCUT2D eigenvalue weighted by Crippen LogP contribution is 2.43. The zero-order valence-corrected chi connectivity index (χ0v) is 36.6. The molecule has 2 atom stereocenters. The number of esters is 1. The number of piperazine rings is 1. The summed E-state index contributed by atoms with van der Waals surface area (Å²) in [6, 6.07) is 9.74. The second-order valence-electron chi connectivity index (χ2n) is 16.0. The van der Waals surface area contributed by atoms with E-state index in [-0.39, 0.29) is 17.5 Å². The first-order valence-electron chi connectivity index (χ1n) is 21.3. The van der Waals surface area contributed by atoms with Gasteiger partial charge >= 0.3 is 5.97 Å². The van der Waals surface area contributed by atoms with E-state index in [2.05, 4.69) is 88.8 Å². The number of unbranched alkanes of at least 4 members (excludes halogenated alkanes) is 3. The Morgan fingerprint density at radius 1 is 1.11 bits per heavy atom. The number of pyridine rings is 1. The average molecular weight is 802 g/mol. The first kappa shape index (κ1) is 44.3. The number of aryl methyl sites for hydroxylation is 2. The Morgan fingerprint density at radius 2 is 1.91 bits per heavy atom. The van der Waals surface area contributed by atoms with Gasteiger partial charge in [0.1, 0.15) is 0 Å². The van der Waals surface area contributed by atoms with Crippen LogP contribution in [0.2, 0.25) is 0 Å². The molecule has 6 rings (SSSR count). The number of methoxy groups -OCH3 is 1. The number of fused-ring (bicyclic) bond motifs is 2. The summed E-state index contributed by atoms with van der Waals surface area (Å²) in [6.07, 6.45) is 12.4. The monoisotopic (exact) mass is 801 g/mol. The van der Waals surface area contributed by atoms with Gasteiger partial charge in [0.25, 0.3) is 0 Å². The van der Waals surface area contributed by atoms with E-state index in [0.29, 0.717) is 25.5 Å².